The van der Waals surface area contributed by atoms with Gasteiger partial charge in [-0.2, -0.15) is 0 Å². The Labute approximate surface area is 119 Å². The van der Waals surface area contributed by atoms with Crippen LogP contribution in [0.15, 0.2) is 60.2 Å². The first kappa shape index (κ1) is 13.1. The molecule has 102 valence electrons. The molecule has 2 aromatic rings. The van der Waals surface area contributed by atoms with E-state index in [1.54, 1.807) is 6.07 Å². The van der Waals surface area contributed by atoms with Crippen molar-refractivity contribution in [2.75, 3.05) is 13.1 Å². The van der Waals surface area contributed by atoms with E-state index < -0.39 is 0 Å². The first-order chi connectivity index (χ1) is 9.81. The molecule has 3 rings (SSSR count). The summed E-state index contributed by atoms with van der Waals surface area (Å²) in [6, 6.07) is 17.4. The molecule has 0 N–H and O–H groups in total. The fourth-order valence-corrected chi connectivity index (χ4v) is 2.65. The molecule has 0 bridgehead atoms. The van der Waals surface area contributed by atoms with Crippen molar-refractivity contribution >= 4 is 6.08 Å². The largest absolute Gasteiger partial charge is 0.295 e. The van der Waals surface area contributed by atoms with E-state index in [1.165, 1.54) is 17.2 Å². The van der Waals surface area contributed by atoms with Crippen molar-refractivity contribution in [1.29, 1.82) is 0 Å². The molecule has 1 aliphatic heterocycles. The van der Waals surface area contributed by atoms with Gasteiger partial charge in [0.1, 0.15) is 5.82 Å². The Kier molecular flexibility index (Phi) is 3.93. The fraction of sp³-hybridized carbons (Fsp3) is 0.222. The molecule has 2 heteroatoms. The molecule has 2 aromatic carbocycles. The van der Waals surface area contributed by atoms with Crippen molar-refractivity contribution in [1.82, 2.24) is 4.90 Å². The zero-order chi connectivity index (χ0) is 13.8. The van der Waals surface area contributed by atoms with Gasteiger partial charge in [-0.1, -0.05) is 60.2 Å². The van der Waals surface area contributed by atoms with E-state index >= 15 is 0 Å². The molecule has 0 unspecified atom stereocenters. The normalized spacial score (nSPS) is 17.8. The summed E-state index contributed by atoms with van der Waals surface area (Å²) >= 11 is 0. The first-order valence-corrected chi connectivity index (χ1v) is 7.01. The van der Waals surface area contributed by atoms with Gasteiger partial charge in [-0.05, 0) is 18.1 Å². The average Bonchev–Trinajstić information content (AvgIpc) is 2.90. The molecule has 0 amide bonds. The topological polar surface area (TPSA) is 3.24 Å². The number of nitrogens with zero attached hydrogens (tertiary/aromatic N) is 1. The van der Waals surface area contributed by atoms with Crippen LogP contribution in [0.3, 0.4) is 0 Å². The second kappa shape index (κ2) is 6.02. The predicted octanol–water partition coefficient (Wildman–Crippen LogP) is 4.12. The van der Waals surface area contributed by atoms with Crippen LogP contribution in [0.5, 0.6) is 0 Å². The first-order valence-electron chi connectivity index (χ1n) is 7.01. The predicted molar refractivity (Wildman–Crippen MR) is 80.7 cm³/mol. The van der Waals surface area contributed by atoms with Gasteiger partial charge in [0.2, 0.25) is 0 Å². The lowest BCUT2D eigenvalue weighted by Gasteiger charge is -2.14. The van der Waals surface area contributed by atoms with Crippen molar-refractivity contribution < 1.29 is 4.39 Å². The van der Waals surface area contributed by atoms with Crippen LogP contribution < -0.4 is 0 Å². The highest BCUT2D eigenvalue weighted by atomic mass is 19.1. The summed E-state index contributed by atoms with van der Waals surface area (Å²) in [5, 5.41) is 0. The molecule has 0 aliphatic carbocycles. The van der Waals surface area contributed by atoms with E-state index in [-0.39, 0.29) is 5.82 Å². The Morgan fingerprint density at radius 2 is 1.75 bits per heavy atom. The van der Waals surface area contributed by atoms with Crippen molar-refractivity contribution in [2.45, 2.75) is 13.0 Å². The Morgan fingerprint density at radius 1 is 1.00 bits per heavy atom. The number of hydrogen-bond donors (Lipinski definition) is 0. The maximum atomic E-state index is 13.6. The second-order valence-electron chi connectivity index (χ2n) is 5.27. The van der Waals surface area contributed by atoms with E-state index in [2.05, 4.69) is 29.2 Å². The van der Waals surface area contributed by atoms with Crippen LogP contribution in [-0.4, -0.2) is 18.0 Å². The summed E-state index contributed by atoms with van der Waals surface area (Å²) in [6.07, 6.45) is 3.03. The minimum atomic E-state index is -0.137. The van der Waals surface area contributed by atoms with Crippen LogP contribution in [0, 0.1) is 5.82 Å². The van der Waals surface area contributed by atoms with Crippen LogP contribution in [0.25, 0.3) is 6.08 Å². The van der Waals surface area contributed by atoms with Crippen molar-refractivity contribution in [3.8, 4) is 0 Å². The van der Waals surface area contributed by atoms with E-state index in [0.717, 1.165) is 26.1 Å². The minimum absolute atomic E-state index is 0.137. The molecule has 1 heterocycles. The lowest BCUT2D eigenvalue weighted by atomic mass is 10.1. The molecule has 0 atom stereocenters. The number of likely N-dealkylation sites (tertiary alicyclic amines) is 1. The van der Waals surface area contributed by atoms with Crippen molar-refractivity contribution in [3.05, 3.63) is 77.1 Å². The quantitative estimate of drug-likeness (QED) is 0.808. The average molecular weight is 267 g/mol. The van der Waals surface area contributed by atoms with Crippen molar-refractivity contribution in [2.24, 2.45) is 0 Å². The summed E-state index contributed by atoms with van der Waals surface area (Å²) in [5.74, 6) is -0.137. The third-order valence-electron chi connectivity index (χ3n) is 3.69. The maximum Gasteiger partial charge on any atom is 0.130 e. The van der Waals surface area contributed by atoms with Gasteiger partial charge < -0.3 is 0 Å². The molecule has 1 nitrogen and oxygen atoms in total. The summed E-state index contributed by atoms with van der Waals surface area (Å²) in [6.45, 7) is 2.95. The van der Waals surface area contributed by atoms with Gasteiger partial charge in [0, 0.05) is 25.2 Å². The second-order valence-corrected chi connectivity index (χ2v) is 5.27. The van der Waals surface area contributed by atoms with E-state index in [0.29, 0.717) is 5.56 Å². The van der Waals surface area contributed by atoms with Gasteiger partial charge in [0.05, 0.1) is 0 Å². The number of hydrogen-bond acceptors (Lipinski definition) is 1. The third-order valence-corrected chi connectivity index (χ3v) is 3.69. The van der Waals surface area contributed by atoms with Crippen LogP contribution in [0.1, 0.15) is 17.5 Å². The van der Waals surface area contributed by atoms with E-state index in [9.17, 15) is 4.39 Å². The minimum Gasteiger partial charge on any atom is -0.295 e. The summed E-state index contributed by atoms with van der Waals surface area (Å²) in [7, 11) is 0. The zero-order valence-corrected chi connectivity index (χ0v) is 11.4. The highest BCUT2D eigenvalue weighted by Gasteiger charge is 2.16. The monoisotopic (exact) mass is 267 g/mol. The van der Waals surface area contributed by atoms with Crippen LogP contribution >= 0.6 is 0 Å². The molecule has 0 saturated carbocycles. The Morgan fingerprint density at radius 3 is 2.55 bits per heavy atom. The Hall–Kier alpha value is -1.93. The molecule has 1 saturated heterocycles. The Bertz CT molecular complexity index is 604. The highest BCUT2D eigenvalue weighted by molar-refractivity contribution is 5.54. The fourth-order valence-electron chi connectivity index (χ4n) is 2.65. The molecule has 0 radical (unpaired) electrons. The molecular formula is C18H18FN. The van der Waals surface area contributed by atoms with Gasteiger partial charge in [-0.15, -0.1) is 0 Å². The number of benzene rings is 2. The number of halogens is 1. The van der Waals surface area contributed by atoms with Gasteiger partial charge in [0.25, 0.3) is 0 Å². The third kappa shape index (κ3) is 3.14. The maximum absolute atomic E-state index is 13.6. The lowest BCUT2D eigenvalue weighted by Crippen LogP contribution is -2.18. The SMILES string of the molecule is Fc1ccccc1/C=C1\CCN(Cc2ccccc2)C1. The smallest absolute Gasteiger partial charge is 0.130 e. The summed E-state index contributed by atoms with van der Waals surface area (Å²) in [4.78, 5) is 2.40. The van der Waals surface area contributed by atoms with Gasteiger partial charge >= 0.3 is 0 Å². The molecule has 0 spiro atoms. The summed E-state index contributed by atoms with van der Waals surface area (Å²) in [5.41, 5.74) is 3.34. The molecule has 0 aromatic heterocycles. The molecular weight excluding hydrogens is 249 g/mol. The van der Waals surface area contributed by atoms with Gasteiger partial charge in [-0.25, -0.2) is 4.39 Å². The summed E-state index contributed by atoms with van der Waals surface area (Å²) < 4.78 is 13.6. The molecule has 20 heavy (non-hydrogen) atoms. The van der Waals surface area contributed by atoms with Crippen LogP contribution in [-0.2, 0) is 6.54 Å². The standard InChI is InChI=1S/C18H18FN/c19-18-9-5-4-8-17(18)12-16-10-11-20(14-16)13-15-6-2-1-3-7-15/h1-9,12H,10-11,13-14H2/b16-12+. The van der Waals surface area contributed by atoms with Gasteiger partial charge in [0.15, 0.2) is 0 Å². The molecule has 1 aliphatic rings. The van der Waals surface area contributed by atoms with Crippen molar-refractivity contribution in [3.63, 3.8) is 0 Å². The Balaban J connectivity index is 1.66. The number of rotatable bonds is 3. The highest BCUT2D eigenvalue weighted by Crippen LogP contribution is 2.21. The lowest BCUT2D eigenvalue weighted by molar-refractivity contribution is 0.337. The molecule has 1 fully saturated rings. The van der Waals surface area contributed by atoms with Crippen LogP contribution in [0.4, 0.5) is 4.39 Å². The van der Waals surface area contributed by atoms with Gasteiger partial charge in [-0.3, -0.25) is 4.90 Å². The van der Waals surface area contributed by atoms with E-state index in [4.69, 9.17) is 0 Å². The van der Waals surface area contributed by atoms with Crippen LogP contribution in [0.2, 0.25) is 0 Å². The zero-order valence-electron chi connectivity index (χ0n) is 11.4. The van der Waals surface area contributed by atoms with E-state index in [1.807, 2.05) is 24.3 Å².